The average molecular weight is 389 g/mol. The molecule has 0 spiro atoms. The van der Waals surface area contributed by atoms with Gasteiger partial charge in [0.05, 0.1) is 19.6 Å². The minimum atomic E-state index is 0.0624. The lowest BCUT2D eigenvalue weighted by Crippen LogP contribution is -2.37. The maximum absolute atomic E-state index is 12.7. The molecule has 4 rings (SSSR count). The van der Waals surface area contributed by atoms with E-state index in [0.29, 0.717) is 13.0 Å². The van der Waals surface area contributed by atoms with Gasteiger partial charge in [0.25, 0.3) is 0 Å². The summed E-state index contributed by atoms with van der Waals surface area (Å²) >= 11 is 0. The molecule has 0 aliphatic carbocycles. The number of ether oxygens (including phenoxy) is 1. The highest BCUT2D eigenvalue weighted by Gasteiger charge is 2.24. The number of hydrogen-bond donors (Lipinski definition) is 1. The van der Waals surface area contributed by atoms with Gasteiger partial charge in [-0.2, -0.15) is 0 Å². The summed E-state index contributed by atoms with van der Waals surface area (Å²) in [6.07, 6.45) is 2.83. The van der Waals surface area contributed by atoms with Crippen LogP contribution >= 0.6 is 0 Å². The average Bonchev–Trinajstić information content (AvgIpc) is 3.28. The first-order valence-electron chi connectivity index (χ1n) is 10.4. The zero-order valence-corrected chi connectivity index (χ0v) is 16.9. The van der Waals surface area contributed by atoms with Crippen molar-refractivity contribution >= 4 is 16.7 Å². The van der Waals surface area contributed by atoms with E-state index < -0.39 is 0 Å². The van der Waals surface area contributed by atoms with E-state index in [2.05, 4.69) is 46.6 Å². The summed E-state index contributed by atoms with van der Waals surface area (Å²) in [7, 11) is 1.69. The van der Waals surface area contributed by atoms with Crippen LogP contribution in [0.3, 0.4) is 0 Å². The Bertz CT molecular complexity index is 979. The van der Waals surface area contributed by atoms with E-state index in [0.717, 1.165) is 24.4 Å². The van der Waals surface area contributed by atoms with Crippen LogP contribution in [0.2, 0.25) is 0 Å². The van der Waals surface area contributed by atoms with Gasteiger partial charge in [-0.25, -0.2) is 0 Å². The van der Waals surface area contributed by atoms with Gasteiger partial charge >= 0.3 is 0 Å². The number of nitrogens with zero attached hydrogens (tertiary/aromatic N) is 1. The van der Waals surface area contributed by atoms with Gasteiger partial charge in [-0.3, -0.25) is 9.69 Å². The number of carbonyl (C=O) groups excluding carboxylic acids is 1. The van der Waals surface area contributed by atoms with E-state index >= 15 is 0 Å². The van der Waals surface area contributed by atoms with Gasteiger partial charge in [0.15, 0.2) is 0 Å². The summed E-state index contributed by atoms with van der Waals surface area (Å²) in [5.74, 6) is 0.918. The number of amides is 1. The summed E-state index contributed by atoms with van der Waals surface area (Å²) < 4.78 is 5.40. The number of hydrogen-bond acceptors (Lipinski definition) is 3. The summed E-state index contributed by atoms with van der Waals surface area (Å²) in [6.45, 7) is 2.75. The first-order valence-corrected chi connectivity index (χ1v) is 10.4. The van der Waals surface area contributed by atoms with Crippen LogP contribution in [0.5, 0.6) is 5.75 Å². The zero-order chi connectivity index (χ0) is 20.1. The maximum Gasteiger partial charge on any atom is 0.224 e. The van der Waals surface area contributed by atoms with Gasteiger partial charge < -0.3 is 10.1 Å². The summed E-state index contributed by atoms with van der Waals surface area (Å²) in [5, 5.41) is 5.54. The Hall–Kier alpha value is -2.85. The van der Waals surface area contributed by atoms with Crippen molar-refractivity contribution in [3.63, 3.8) is 0 Å². The molecular weight excluding hydrogens is 360 g/mol. The predicted octanol–water partition coefficient (Wildman–Crippen LogP) is 4.34. The van der Waals surface area contributed by atoms with E-state index in [1.165, 1.54) is 29.2 Å². The molecule has 1 amide bonds. The number of methoxy groups -OCH3 is 1. The Kier molecular flexibility index (Phi) is 6.11. The van der Waals surface area contributed by atoms with Gasteiger partial charge in [-0.1, -0.05) is 54.6 Å². The second kappa shape index (κ2) is 9.10. The highest BCUT2D eigenvalue weighted by Crippen LogP contribution is 2.27. The van der Waals surface area contributed by atoms with E-state index in [4.69, 9.17) is 4.74 Å². The summed E-state index contributed by atoms with van der Waals surface area (Å²) in [5.41, 5.74) is 2.23. The van der Waals surface area contributed by atoms with Crippen LogP contribution < -0.4 is 10.1 Å². The lowest BCUT2D eigenvalue weighted by atomic mass is 10.0. The fourth-order valence-corrected chi connectivity index (χ4v) is 4.17. The maximum atomic E-state index is 12.7. The van der Waals surface area contributed by atoms with Gasteiger partial charge in [-0.05, 0) is 60.0 Å². The van der Waals surface area contributed by atoms with Crippen molar-refractivity contribution in [1.82, 2.24) is 10.2 Å². The number of fused-ring (bicyclic) bond motifs is 1. The van der Waals surface area contributed by atoms with Crippen LogP contribution in [0.4, 0.5) is 0 Å². The van der Waals surface area contributed by atoms with Crippen LogP contribution in [0, 0.1) is 0 Å². The first-order chi connectivity index (χ1) is 14.2. The van der Waals surface area contributed by atoms with E-state index in [-0.39, 0.29) is 11.9 Å². The molecule has 0 saturated carbocycles. The molecule has 4 nitrogen and oxygen atoms in total. The lowest BCUT2D eigenvalue weighted by molar-refractivity contribution is -0.120. The minimum absolute atomic E-state index is 0.0624. The SMILES string of the molecule is COc1cccc(C(CNC(=O)Cc2ccc3ccccc3c2)N2CCCC2)c1. The standard InChI is InChI=1S/C25H28N2O2/c1-29-23-10-6-9-22(17-23)24(27-13-4-5-14-27)18-26-25(28)16-19-11-12-20-7-2-3-8-21(20)15-19/h2-3,6-12,15,17,24H,4-5,13-14,16,18H2,1H3,(H,26,28). The Morgan fingerprint density at radius 3 is 2.59 bits per heavy atom. The molecule has 1 aliphatic heterocycles. The molecule has 1 aliphatic rings. The zero-order valence-electron chi connectivity index (χ0n) is 16.9. The molecule has 3 aromatic carbocycles. The molecule has 0 aromatic heterocycles. The quantitative estimate of drug-likeness (QED) is 0.654. The largest absolute Gasteiger partial charge is 0.497 e. The molecule has 1 saturated heterocycles. The molecule has 1 N–H and O–H groups in total. The molecule has 0 bridgehead atoms. The number of carbonyl (C=O) groups is 1. The molecule has 1 atom stereocenters. The third kappa shape index (κ3) is 4.77. The van der Waals surface area contributed by atoms with Gasteiger partial charge in [0.1, 0.15) is 5.75 Å². The molecule has 1 fully saturated rings. The van der Waals surface area contributed by atoms with Gasteiger partial charge in [0, 0.05) is 6.54 Å². The normalized spacial score (nSPS) is 15.3. The second-order valence-electron chi connectivity index (χ2n) is 7.70. The van der Waals surface area contributed by atoms with Crippen molar-refractivity contribution in [2.45, 2.75) is 25.3 Å². The van der Waals surface area contributed by atoms with E-state index in [1.807, 2.05) is 30.3 Å². The van der Waals surface area contributed by atoms with Gasteiger partial charge in [0.2, 0.25) is 5.91 Å². The Morgan fingerprint density at radius 2 is 1.79 bits per heavy atom. The van der Waals surface area contributed by atoms with Crippen molar-refractivity contribution in [3.8, 4) is 5.75 Å². The Labute approximate surface area is 172 Å². The smallest absolute Gasteiger partial charge is 0.224 e. The fourth-order valence-electron chi connectivity index (χ4n) is 4.17. The van der Waals surface area contributed by atoms with Crippen molar-refractivity contribution in [2.24, 2.45) is 0 Å². The molecular formula is C25H28N2O2. The van der Waals surface area contributed by atoms with Crippen LogP contribution in [0.15, 0.2) is 66.7 Å². The third-order valence-corrected chi connectivity index (χ3v) is 5.73. The van der Waals surface area contributed by atoms with Crippen LogP contribution in [-0.2, 0) is 11.2 Å². The highest BCUT2D eigenvalue weighted by atomic mass is 16.5. The molecule has 29 heavy (non-hydrogen) atoms. The highest BCUT2D eigenvalue weighted by molar-refractivity contribution is 5.85. The molecule has 0 radical (unpaired) electrons. The summed E-state index contributed by atoms with van der Waals surface area (Å²) in [6, 6.07) is 22.8. The molecule has 1 heterocycles. The second-order valence-corrected chi connectivity index (χ2v) is 7.70. The van der Waals surface area contributed by atoms with Crippen LogP contribution in [0.1, 0.15) is 30.0 Å². The topological polar surface area (TPSA) is 41.6 Å². The van der Waals surface area contributed by atoms with Crippen molar-refractivity contribution < 1.29 is 9.53 Å². The first kappa shape index (κ1) is 19.5. The Balaban J connectivity index is 1.43. The van der Waals surface area contributed by atoms with Crippen molar-refractivity contribution in [1.29, 1.82) is 0 Å². The predicted molar refractivity (Wildman–Crippen MR) is 117 cm³/mol. The minimum Gasteiger partial charge on any atom is -0.497 e. The molecule has 150 valence electrons. The number of rotatable bonds is 7. The van der Waals surface area contributed by atoms with Gasteiger partial charge in [-0.15, -0.1) is 0 Å². The summed E-state index contributed by atoms with van der Waals surface area (Å²) in [4.78, 5) is 15.1. The lowest BCUT2D eigenvalue weighted by Gasteiger charge is -2.28. The molecule has 1 unspecified atom stereocenters. The van der Waals surface area contributed by atoms with Crippen LogP contribution in [-0.4, -0.2) is 37.6 Å². The number of nitrogens with one attached hydrogen (secondary N) is 1. The number of benzene rings is 3. The third-order valence-electron chi connectivity index (χ3n) is 5.73. The van der Waals surface area contributed by atoms with E-state index in [1.54, 1.807) is 7.11 Å². The number of likely N-dealkylation sites (tertiary alicyclic amines) is 1. The monoisotopic (exact) mass is 388 g/mol. The fraction of sp³-hybridized carbons (Fsp3) is 0.320. The molecule has 3 aromatic rings. The van der Waals surface area contributed by atoms with Crippen molar-refractivity contribution in [3.05, 3.63) is 77.9 Å². The van der Waals surface area contributed by atoms with Crippen molar-refractivity contribution in [2.75, 3.05) is 26.7 Å². The molecule has 4 heteroatoms. The Morgan fingerprint density at radius 1 is 1.00 bits per heavy atom. The van der Waals surface area contributed by atoms with E-state index in [9.17, 15) is 4.79 Å². The van der Waals surface area contributed by atoms with Crippen LogP contribution in [0.25, 0.3) is 10.8 Å².